The first kappa shape index (κ1) is 17.4. The Labute approximate surface area is 115 Å². The zero-order valence-electron chi connectivity index (χ0n) is 11.9. The van der Waals surface area contributed by atoms with Gasteiger partial charge in [-0.1, -0.05) is 39.8 Å². The van der Waals surface area contributed by atoms with Gasteiger partial charge in [0.25, 0.3) is 0 Å². The predicted octanol–water partition coefficient (Wildman–Crippen LogP) is 3.38. The number of carbonyl (C=O) groups excluding carboxylic acids is 2. The van der Waals surface area contributed by atoms with Crippen molar-refractivity contribution in [3.63, 3.8) is 0 Å². The Kier molecular flexibility index (Phi) is 9.49. The molecular formula is C15H24O4. The van der Waals surface area contributed by atoms with Crippen molar-refractivity contribution in [3.05, 3.63) is 25.5 Å². The van der Waals surface area contributed by atoms with E-state index in [9.17, 15) is 9.59 Å². The Morgan fingerprint density at radius 3 is 2.42 bits per heavy atom. The molecule has 108 valence electrons. The molecule has 0 heterocycles. The second-order valence-electron chi connectivity index (χ2n) is 4.35. The Morgan fingerprint density at radius 2 is 1.95 bits per heavy atom. The van der Waals surface area contributed by atoms with Crippen molar-refractivity contribution < 1.29 is 19.1 Å². The molecule has 0 fully saturated rings. The molecule has 0 saturated carbocycles. The van der Waals surface area contributed by atoms with Crippen LogP contribution in [0.2, 0.25) is 0 Å². The first-order valence-corrected chi connectivity index (χ1v) is 6.72. The molecule has 0 radical (unpaired) electrons. The number of hydrogen-bond donors (Lipinski definition) is 0. The monoisotopic (exact) mass is 268 g/mol. The Bertz CT molecular complexity index is 309. The maximum atomic E-state index is 11.5. The molecule has 0 aromatic rings. The van der Waals surface area contributed by atoms with Gasteiger partial charge in [-0.15, -0.1) is 0 Å². The third kappa shape index (κ3) is 7.44. The molecule has 0 amide bonds. The lowest BCUT2D eigenvalue weighted by molar-refractivity contribution is -0.152. The summed E-state index contributed by atoms with van der Waals surface area (Å²) in [5.41, 5.74) is 0. The van der Waals surface area contributed by atoms with Crippen molar-refractivity contribution in [2.24, 2.45) is 5.92 Å². The highest BCUT2D eigenvalue weighted by Crippen LogP contribution is 2.22. The zero-order valence-corrected chi connectivity index (χ0v) is 11.9. The maximum Gasteiger partial charge on any atom is 0.330 e. The van der Waals surface area contributed by atoms with Gasteiger partial charge in [0.15, 0.2) is 0 Å². The summed E-state index contributed by atoms with van der Waals surface area (Å²) in [5.74, 6) is -0.792. The van der Waals surface area contributed by atoms with Crippen LogP contribution in [0.1, 0.15) is 46.0 Å². The van der Waals surface area contributed by atoms with Crippen LogP contribution >= 0.6 is 0 Å². The predicted molar refractivity (Wildman–Crippen MR) is 74.3 cm³/mol. The fourth-order valence-corrected chi connectivity index (χ4v) is 1.93. The lowest BCUT2D eigenvalue weighted by atomic mass is 9.91. The van der Waals surface area contributed by atoms with Crippen molar-refractivity contribution in [2.45, 2.75) is 52.1 Å². The van der Waals surface area contributed by atoms with Crippen LogP contribution in [0.3, 0.4) is 0 Å². The van der Waals surface area contributed by atoms with E-state index in [1.807, 2.05) is 6.92 Å². The van der Waals surface area contributed by atoms with E-state index in [4.69, 9.17) is 9.47 Å². The SMILES string of the molecule is C=COC(=O)CC(OC(=O)C=C)C(CC)CCCC. The third-order valence-electron chi connectivity index (χ3n) is 3.00. The van der Waals surface area contributed by atoms with E-state index in [0.29, 0.717) is 0 Å². The molecule has 0 aromatic carbocycles. The molecule has 0 bridgehead atoms. The molecule has 0 saturated heterocycles. The molecule has 19 heavy (non-hydrogen) atoms. The minimum Gasteiger partial charge on any atom is -0.458 e. The smallest absolute Gasteiger partial charge is 0.330 e. The van der Waals surface area contributed by atoms with E-state index >= 15 is 0 Å². The first-order chi connectivity index (χ1) is 9.08. The van der Waals surface area contributed by atoms with Crippen molar-refractivity contribution in [1.29, 1.82) is 0 Å². The zero-order chi connectivity index (χ0) is 14.7. The number of unbranched alkanes of at least 4 members (excludes halogenated alkanes) is 1. The molecule has 0 aliphatic heterocycles. The highest BCUT2D eigenvalue weighted by molar-refractivity contribution is 5.81. The summed E-state index contributed by atoms with van der Waals surface area (Å²) in [6.45, 7) is 10.8. The van der Waals surface area contributed by atoms with Crippen LogP contribution < -0.4 is 0 Å². The highest BCUT2D eigenvalue weighted by Gasteiger charge is 2.26. The second-order valence-corrected chi connectivity index (χ2v) is 4.35. The highest BCUT2D eigenvalue weighted by atomic mass is 16.6. The van der Waals surface area contributed by atoms with Crippen LogP contribution in [0.5, 0.6) is 0 Å². The molecular weight excluding hydrogens is 244 g/mol. The van der Waals surface area contributed by atoms with Gasteiger partial charge >= 0.3 is 11.9 Å². The molecule has 0 aliphatic carbocycles. The Balaban J connectivity index is 4.69. The van der Waals surface area contributed by atoms with Crippen LogP contribution in [0, 0.1) is 5.92 Å². The average molecular weight is 268 g/mol. The fourth-order valence-electron chi connectivity index (χ4n) is 1.93. The van der Waals surface area contributed by atoms with Gasteiger partial charge in [-0.25, -0.2) is 4.79 Å². The van der Waals surface area contributed by atoms with E-state index in [1.54, 1.807) is 0 Å². The van der Waals surface area contributed by atoms with Crippen LogP contribution in [-0.4, -0.2) is 18.0 Å². The van der Waals surface area contributed by atoms with E-state index in [0.717, 1.165) is 38.0 Å². The molecule has 0 spiro atoms. The lowest BCUT2D eigenvalue weighted by Gasteiger charge is -2.25. The molecule has 2 atom stereocenters. The molecule has 0 aromatic heterocycles. The topological polar surface area (TPSA) is 52.6 Å². The van der Waals surface area contributed by atoms with E-state index in [1.165, 1.54) is 0 Å². The summed E-state index contributed by atoms with van der Waals surface area (Å²) in [6, 6.07) is 0. The van der Waals surface area contributed by atoms with Gasteiger partial charge in [0.2, 0.25) is 0 Å². The number of ether oxygens (including phenoxy) is 2. The number of esters is 2. The van der Waals surface area contributed by atoms with E-state index in [-0.39, 0.29) is 12.3 Å². The number of carbonyl (C=O) groups is 2. The van der Waals surface area contributed by atoms with Gasteiger partial charge in [-0.3, -0.25) is 4.79 Å². The molecule has 2 unspecified atom stereocenters. The second kappa shape index (κ2) is 10.4. The van der Waals surface area contributed by atoms with Crippen molar-refractivity contribution in [3.8, 4) is 0 Å². The Hall–Kier alpha value is -1.58. The van der Waals surface area contributed by atoms with Crippen molar-refractivity contribution >= 4 is 11.9 Å². The fraction of sp³-hybridized carbons (Fsp3) is 0.600. The number of rotatable bonds is 10. The van der Waals surface area contributed by atoms with E-state index < -0.39 is 18.0 Å². The van der Waals surface area contributed by atoms with Crippen LogP contribution in [0.25, 0.3) is 0 Å². The largest absolute Gasteiger partial charge is 0.458 e. The third-order valence-corrected chi connectivity index (χ3v) is 3.00. The lowest BCUT2D eigenvalue weighted by Crippen LogP contribution is -2.29. The Morgan fingerprint density at radius 1 is 1.26 bits per heavy atom. The molecule has 0 aliphatic rings. The van der Waals surface area contributed by atoms with Gasteiger partial charge in [0.1, 0.15) is 6.10 Å². The van der Waals surface area contributed by atoms with E-state index in [2.05, 4.69) is 20.1 Å². The summed E-state index contributed by atoms with van der Waals surface area (Å²) >= 11 is 0. The van der Waals surface area contributed by atoms with Crippen LogP contribution in [-0.2, 0) is 19.1 Å². The van der Waals surface area contributed by atoms with Gasteiger partial charge in [-0.2, -0.15) is 0 Å². The summed E-state index contributed by atoms with van der Waals surface area (Å²) in [6.07, 6.45) is 5.65. The molecule has 4 heteroatoms. The summed E-state index contributed by atoms with van der Waals surface area (Å²) in [4.78, 5) is 22.9. The summed E-state index contributed by atoms with van der Waals surface area (Å²) < 4.78 is 9.97. The maximum absolute atomic E-state index is 11.5. The van der Waals surface area contributed by atoms with Gasteiger partial charge < -0.3 is 9.47 Å². The average Bonchev–Trinajstić information content (AvgIpc) is 2.39. The standard InChI is InChI=1S/C15H24O4/c1-5-9-10-12(6-2)13(19-14(16)7-3)11-15(17)18-8-4/h7-8,12-13H,3-6,9-11H2,1-2H3. The van der Waals surface area contributed by atoms with Crippen LogP contribution in [0.4, 0.5) is 0 Å². The molecule has 0 rings (SSSR count). The molecule has 0 N–H and O–H groups in total. The minimum absolute atomic E-state index is 0.0494. The van der Waals surface area contributed by atoms with Crippen molar-refractivity contribution in [1.82, 2.24) is 0 Å². The van der Waals surface area contributed by atoms with Gasteiger partial charge in [0.05, 0.1) is 12.7 Å². The summed E-state index contributed by atoms with van der Waals surface area (Å²) in [5, 5.41) is 0. The first-order valence-electron chi connectivity index (χ1n) is 6.72. The number of hydrogen-bond acceptors (Lipinski definition) is 4. The minimum atomic E-state index is -0.508. The van der Waals surface area contributed by atoms with Gasteiger partial charge in [0, 0.05) is 6.08 Å². The van der Waals surface area contributed by atoms with Crippen LogP contribution in [0.15, 0.2) is 25.5 Å². The summed E-state index contributed by atoms with van der Waals surface area (Å²) in [7, 11) is 0. The molecule has 4 nitrogen and oxygen atoms in total. The quantitative estimate of drug-likeness (QED) is 0.346. The van der Waals surface area contributed by atoms with Gasteiger partial charge in [-0.05, 0) is 18.8 Å². The van der Waals surface area contributed by atoms with Crippen molar-refractivity contribution in [2.75, 3.05) is 0 Å². The normalized spacial score (nSPS) is 13.2.